The van der Waals surface area contributed by atoms with Gasteiger partial charge in [-0.05, 0) is 13.2 Å². The zero-order valence-corrected chi connectivity index (χ0v) is 9.32. The first kappa shape index (κ1) is 12.8. The van der Waals surface area contributed by atoms with Crippen molar-refractivity contribution in [2.24, 2.45) is 0 Å². The van der Waals surface area contributed by atoms with E-state index in [1.165, 1.54) is 18.7 Å². The molecule has 0 saturated heterocycles. The SMILES string of the molecule is CSCCS(=O)(=O)C(C)CC(=O)O. The summed E-state index contributed by atoms with van der Waals surface area (Å²) in [5, 5.41) is 7.62. The molecule has 1 N–H and O–H groups in total. The van der Waals surface area contributed by atoms with Crippen LogP contribution in [0.4, 0.5) is 0 Å². The summed E-state index contributed by atoms with van der Waals surface area (Å²) in [7, 11) is -3.22. The van der Waals surface area contributed by atoms with Crippen LogP contribution in [0.5, 0.6) is 0 Å². The van der Waals surface area contributed by atoms with Gasteiger partial charge in [0, 0.05) is 5.75 Å². The van der Waals surface area contributed by atoms with Crippen LogP contribution in [0.15, 0.2) is 0 Å². The van der Waals surface area contributed by atoms with Gasteiger partial charge in [-0.3, -0.25) is 4.79 Å². The van der Waals surface area contributed by atoms with E-state index in [1.807, 2.05) is 6.26 Å². The molecule has 0 fully saturated rings. The van der Waals surface area contributed by atoms with Gasteiger partial charge in [-0.1, -0.05) is 0 Å². The molecule has 0 aliphatic rings. The number of carbonyl (C=O) groups is 1. The summed E-state index contributed by atoms with van der Waals surface area (Å²) in [6.45, 7) is 1.43. The lowest BCUT2D eigenvalue weighted by Gasteiger charge is -2.09. The fraction of sp³-hybridized carbons (Fsp3) is 0.857. The fourth-order valence-electron chi connectivity index (χ4n) is 0.774. The molecule has 13 heavy (non-hydrogen) atoms. The minimum absolute atomic E-state index is 0.0581. The van der Waals surface area contributed by atoms with E-state index in [0.717, 1.165) is 0 Å². The Morgan fingerprint density at radius 2 is 2.08 bits per heavy atom. The highest BCUT2D eigenvalue weighted by atomic mass is 32.2. The molecular formula is C7H14O4S2. The van der Waals surface area contributed by atoms with E-state index in [4.69, 9.17) is 5.11 Å². The van der Waals surface area contributed by atoms with Gasteiger partial charge >= 0.3 is 5.97 Å². The first-order chi connectivity index (χ1) is 5.90. The molecule has 1 unspecified atom stereocenters. The molecule has 0 radical (unpaired) electrons. The third-order valence-electron chi connectivity index (χ3n) is 1.65. The number of hydrogen-bond donors (Lipinski definition) is 1. The van der Waals surface area contributed by atoms with Crippen molar-refractivity contribution >= 4 is 27.6 Å². The van der Waals surface area contributed by atoms with Gasteiger partial charge in [-0.2, -0.15) is 11.8 Å². The van der Waals surface area contributed by atoms with Gasteiger partial charge in [0.25, 0.3) is 0 Å². The normalized spacial score (nSPS) is 14.0. The van der Waals surface area contributed by atoms with E-state index in [-0.39, 0.29) is 12.2 Å². The van der Waals surface area contributed by atoms with Gasteiger partial charge in [-0.25, -0.2) is 8.42 Å². The van der Waals surface area contributed by atoms with Crippen molar-refractivity contribution in [2.75, 3.05) is 17.8 Å². The average molecular weight is 226 g/mol. The molecule has 0 aliphatic carbocycles. The predicted octanol–water partition coefficient (Wildman–Crippen LogP) is 0.627. The monoisotopic (exact) mass is 226 g/mol. The largest absolute Gasteiger partial charge is 0.481 e. The highest BCUT2D eigenvalue weighted by molar-refractivity contribution is 8.00. The molecule has 0 heterocycles. The van der Waals surface area contributed by atoms with Crippen molar-refractivity contribution in [2.45, 2.75) is 18.6 Å². The smallest absolute Gasteiger partial charge is 0.304 e. The first-order valence-corrected chi connectivity index (χ1v) is 6.93. The zero-order valence-electron chi connectivity index (χ0n) is 7.69. The number of aliphatic carboxylic acids is 1. The molecule has 6 heteroatoms. The van der Waals surface area contributed by atoms with E-state index in [1.54, 1.807) is 0 Å². The van der Waals surface area contributed by atoms with Crippen LogP contribution in [-0.2, 0) is 14.6 Å². The van der Waals surface area contributed by atoms with Gasteiger partial charge < -0.3 is 5.11 Å². The summed E-state index contributed by atoms with van der Waals surface area (Å²) in [5.74, 6) is -0.491. The van der Waals surface area contributed by atoms with E-state index < -0.39 is 21.1 Å². The fourth-order valence-corrected chi connectivity index (χ4v) is 3.17. The molecule has 0 aliphatic heterocycles. The number of hydrogen-bond acceptors (Lipinski definition) is 4. The lowest BCUT2D eigenvalue weighted by atomic mass is 10.3. The molecule has 0 rings (SSSR count). The van der Waals surface area contributed by atoms with Crippen molar-refractivity contribution in [1.29, 1.82) is 0 Å². The summed E-state index contributed by atoms with van der Waals surface area (Å²) in [6.07, 6.45) is 1.51. The molecule has 0 spiro atoms. The topological polar surface area (TPSA) is 71.4 Å². The van der Waals surface area contributed by atoms with Crippen LogP contribution >= 0.6 is 11.8 Å². The second-order valence-electron chi connectivity index (χ2n) is 2.77. The molecule has 0 bridgehead atoms. The number of rotatable bonds is 6. The van der Waals surface area contributed by atoms with Crippen LogP contribution in [-0.4, -0.2) is 42.5 Å². The Bertz CT molecular complexity index is 258. The van der Waals surface area contributed by atoms with Crippen LogP contribution < -0.4 is 0 Å². The van der Waals surface area contributed by atoms with Gasteiger partial charge in [0.2, 0.25) is 0 Å². The van der Waals surface area contributed by atoms with Crippen LogP contribution in [0.2, 0.25) is 0 Å². The van der Waals surface area contributed by atoms with Crippen molar-refractivity contribution in [3.05, 3.63) is 0 Å². The minimum atomic E-state index is -3.22. The van der Waals surface area contributed by atoms with Crippen LogP contribution in [0, 0.1) is 0 Å². The summed E-state index contributed by atoms with van der Waals surface area (Å²) < 4.78 is 22.7. The zero-order chi connectivity index (χ0) is 10.5. The highest BCUT2D eigenvalue weighted by Gasteiger charge is 2.22. The number of carboxylic acid groups (broad SMARTS) is 1. The van der Waals surface area contributed by atoms with Gasteiger partial charge in [0.05, 0.1) is 17.4 Å². The second-order valence-corrected chi connectivity index (χ2v) is 6.29. The number of carboxylic acids is 1. The van der Waals surface area contributed by atoms with Crippen LogP contribution in [0.1, 0.15) is 13.3 Å². The maximum Gasteiger partial charge on any atom is 0.304 e. The third kappa shape index (κ3) is 5.15. The molecule has 0 saturated carbocycles. The van der Waals surface area contributed by atoms with Crippen molar-refractivity contribution in [1.82, 2.24) is 0 Å². The van der Waals surface area contributed by atoms with Gasteiger partial charge in [-0.15, -0.1) is 0 Å². The number of sulfone groups is 1. The first-order valence-electron chi connectivity index (χ1n) is 3.82. The van der Waals surface area contributed by atoms with Crippen LogP contribution in [0.25, 0.3) is 0 Å². The summed E-state index contributed by atoms with van der Waals surface area (Å²) in [4.78, 5) is 10.3. The minimum Gasteiger partial charge on any atom is -0.481 e. The maximum atomic E-state index is 11.3. The average Bonchev–Trinajstić information content (AvgIpc) is 1.99. The van der Waals surface area contributed by atoms with Gasteiger partial charge in [0.1, 0.15) is 0 Å². The second kappa shape index (κ2) is 5.49. The molecule has 4 nitrogen and oxygen atoms in total. The standard InChI is InChI=1S/C7H14O4S2/c1-6(5-7(8)9)13(10,11)4-3-12-2/h6H,3-5H2,1-2H3,(H,8,9). The Balaban J connectivity index is 4.20. The Labute approximate surface area is 82.6 Å². The Morgan fingerprint density at radius 1 is 1.54 bits per heavy atom. The highest BCUT2D eigenvalue weighted by Crippen LogP contribution is 2.08. The molecular weight excluding hydrogens is 212 g/mol. The third-order valence-corrected chi connectivity index (χ3v) is 4.68. The molecule has 0 aromatic rings. The molecule has 0 aromatic carbocycles. The summed E-state index contributed by atoms with van der Waals surface area (Å²) >= 11 is 1.44. The number of thioether (sulfide) groups is 1. The summed E-state index contributed by atoms with van der Waals surface area (Å²) in [6, 6.07) is 0. The lowest BCUT2D eigenvalue weighted by molar-refractivity contribution is -0.136. The maximum absolute atomic E-state index is 11.3. The Morgan fingerprint density at radius 3 is 2.46 bits per heavy atom. The van der Waals surface area contributed by atoms with E-state index >= 15 is 0 Å². The Hall–Kier alpha value is -0.230. The quantitative estimate of drug-likeness (QED) is 0.719. The molecule has 78 valence electrons. The molecule has 0 amide bonds. The van der Waals surface area contributed by atoms with Gasteiger partial charge in [0.15, 0.2) is 9.84 Å². The predicted molar refractivity (Wildman–Crippen MR) is 53.9 cm³/mol. The molecule has 0 aromatic heterocycles. The van der Waals surface area contributed by atoms with Crippen LogP contribution in [0.3, 0.4) is 0 Å². The van der Waals surface area contributed by atoms with Crippen molar-refractivity contribution in [3.8, 4) is 0 Å². The van der Waals surface area contributed by atoms with E-state index in [2.05, 4.69) is 0 Å². The van der Waals surface area contributed by atoms with Crippen molar-refractivity contribution in [3.63, 3.8) is 0 Å². The Kier molecular flexibility index (Phi) is 5.39. The summed E-state index contributed by atoms with van der Waals surface area (Å²) in [5.41, 5.74) is 0. The lowest BCUT2D eigenvalue weighted by Crippen LogP contribution is -2.24. The van der Waals surface area contributed by atoms with Crippen molar-refractivity contribution < 1.29 is 18.3 Å². The van der Waals surface area contributed by atoms with E-state index in [0.29, 0.717) is 5.75 Å². The molecule has 1 atom stereocenters. The van der Waals surface area contributed by atoms with E-state index in [9.17, 15) is 13.2 Å².